The van der Waals surface area contributed by atoms with Gasteiger partial charge in [-0.05, 0) is 31.0 Å². The molecule has 1 saturated heterocycles. The second-order valence-electron chi connectivity index (χ2n) is 4.60. The van der Waals surface area contributed by atoms with E-state index in [4.69, 9.17) is 0 Å². The van der Waals surface area contributed by atoms with Crippen LogP contribution in [0.25, 0.3) is 0 Å². The van der Waals surface area contributed by atoms with Crippen LogP contribution in [0.3, 0.4) is 0 Å². The number of hydrogen-bond donors (Lipinski definition) is 2. The first-order chi connectivity index (χ1) is 8.15. The predicted octanol–water partition coefficient (Wildman–Crippen LogP) is 1.09. The minimum Gasteiger partial charge on any atom is -0.353 e. The van der Waals surface area contributed by atoms with Gasteiger partial charge in [0.15, 0.2) is 0 Å². The molecular weight excluding hydrogens is 219 g/mol. The van der Waals surface area contributed by atoms with Crippen molar-refractivity contribution in [3.8, 4) is 0 Å². The van der Waals surface area contributed by atoms with E-state index in [-0.39, 0.29) is 23.7 Å². The second kappa shape index (κ2) is 5.27. The first-order valence-electron chi connectivity index (χ1n) is 5.90. The summed E-state index contributed by atoms with van der Waals surface area (Å²) in [5.41, 5.74) is 1.03. The molecule has 4 heteroatoms. The molecule has 1 aromatic rings. The first kappa shape index (κ1) is 12.0. The Balaban J connectivity index is 1.81. The normalized spacial score (nSPS) is 17.3. The molecule has 1 atom stereocenters. The van der Waals surface area contributed by atoms with Crippen LogP contribution in [0.5, 0.6) is 0 Å². The second-order valence-corrected chi connectivity index (χ2v) is 4.60. The van der Waals surface area contributed by atoms with Crippen LogP contribution in [-0.2, 0) is 11.2 Å². The van der Waals surface area contributed by atoms with Crippen molar-refractivity contribution in [3.05, 3.63) is 35.6 Å². The molecule has 3 nitrogen and oxygen atoms in total. The molecule has 1 aliphatic heterocycles. The highest BCUT2D eigenvalue weighted by molar-refractivity contribution is 5.80. The summed E-state index contributed by atoms with van der Waals surface area (Å²) in [5, 5.41) is 6.04. The number of amides is 1. The van der Waals surface area contributed by atoms with Crippen LogP contribution in [0.1, 0.15) is 12.5 Å². The number of hydrogen-bond acceptors (Lipinski definition) is 2. The van der Waals surface area contributed by atoms with Gasteiger partial charge in [-0.2, -0.15) is 0 Å². The molecule has 2 rings (SSSR count). The van der Waals surface area contributed by atoms with E-state index in [0.717, 1.165) is 25.1 Å². The highest BCUT2D eigenvalue weighted by atomic mass is 19.1. The number of carbonyl (C=O) groups excluding carboxylic acids is 1. The fraction of sp³-hybridized carbons (Fsp3) is 0.462. The lowest BCUT2D eigenvalue weighted by Gasteiger charge is -2.27. The molecule has 0 radical (unpaired) electrons. The molecule has 17 heavy (non-hydrogen) atoms. The standard InChI is InChI=1S/C13H17FN2O/c1-9(16-13(17)11-7-15-8-11)6-10-2-4-12(14)5-3-10/h2-5,9,11,15H,6-8H2,1H3,(H,16,17). The number of benzene rings is 1. The molecule has 0 aromatic heterocycles. The zero-order chi connectivity index (χ0) is 12.3. The van der Waals surface area contributed by atoms with Gasteiger partial charge in [0.05, 0.1) is 5.92 Å². The number of halogens is 1. The molecule has 2 N–H and O–H groups in total. The van der Waals surface area contributed by atoms with Crippen molar-refractivity contribution < 1.29 is 9.18 Å². The van der Waals surface area contributed by atoms with Gasteiger partial charge in [-0.25, -0.2) is 4.39 Å². The van der Waals surface area contributed by atoms with Crippen molar-refractivity contribution in [1.29, 1.82) is 0 Å². The van der Waals surface area contributed by atoms with E-state index in [2.05, 4.69) is 10.6 Å². The van der Waals surface area contributed by atoms with Crippen LogP contribution in [0.15, 0.2) is 24.3 Å². The fourth-order valence-corrected chi connectivity index (χ4v) is 1.86. The Morgan fingerprint density at radius 2 is 2.12 bits per heavy atom. The summed E-state index contributed by atoms with van der Waals surface area (Å²) in [6.07, 6.45) is 0.728. The Kier molecular flexibility index (Phi) is 3.74. The first-order valence-corrected chi connectivity index (χ1v) is 5.90. The molecular formula is C13H17FN2O. The van der Waals surface area contributed by atoms with Gasteiger partial charge in [0.2, 0.25) is 5.91 Å². The van der Waals surface area contributed by atoms with Gasteiger partial charge in [-0.1, -0.05) is 12.1 Å². The summed E-state index contributed by atoms with van der Waals surface area (Å²) in [6, 6.07) is 6.47. The lowest BCUT2D eigenvalue weighted by atomic mass is 10.0. The smallest absolute Gasteiger partial charge is 0.225 e. The number of rotatable bonds is 4. The molecule has 0 aliphatic carbocycles. The van der Waals surface area contributed by atoms with E-state index in [1.165, 1.54) is 12.1 Å². The monoisotopic (exact) mass is 236 g/mol. The van der Waals surface area contributed by atoms with Gasteiger partial charge >= 0.3 is 0 Å². The topological polar surface area (TPSA) is 41.1 Å². The Hall–Kier alpha value is -1.42. The molecule has 1 aromatic carbocycles. The van der Waals surface area contributed by atoms with Crippen molar-refractivity contribution in [2.24, 2.45) is 5.92 Å². The molecule has 1 fully saturated rings. The van der Waals surface area contributed by atoms with Gasteiger partial charge < -0.3 is 10.6 Å². The van der Waals surface area contributed by atoms with Crippen molar-refractivity contribution >= 4 is 5.91 Å². The number of carbonyl (C=O) groups is 1. The van der Waals surface area contributed by atoms with E-state index in [9.17, 15) is 9.18 Å². The zero-order valence-electron chi connectivity index (χ0n) is 9.87. The molecule has 1 aliphatic rings. The Morgan fingerprint density at radius 1 is 1.47 bits per heavy atom. The van der Waals surface area contributed by atoms with Crippen LogP contribution in [0, 0.1) is 11.7 Å². The van der Waals surface area contributed by atoms with Gasteiger partial charge in [0, 0.05) is 19.1 Å². The SMILES string of the molecule is CC(Cc1ccc(F)cc1)NC(=O)C1CNC1. The molecule has 1 heterocycles. The maximum Gasteiger partial charge on any atom is 0.225 e. The molecule has 1 unspecified atom stereocenters. The highest BCUT2D eigenvalue weighted by Gasteiger charge is 2.25. The molecule has 0 bridgehead atoms. The van der Waals surface area contributed by atoms with E-state index < -0.39 is 0 Å². The lowest BCUT2D eigenvalue weighted by molar-refractivity contribution is -0.127. The van der Waals surface area contributed by atoms with Crippen LogP contribution < -0.4 is 10.6 Å². The van der Waals surface area contributed by atoms with Crippen molar-refractivity contribution in [2.45, 2.75) is 19.4 Å². The molecule has 0 saturated carbocycles. The quantitative estimate of drug-likeness (QED) is 0.821. The summed E-state index contributed by atoms with van der Waals surface area (Å²) >= 11 is 0. The van der Waals surface area contributed by atoms with Gasteiger partial charge in [-0.3, -0.25) is 4.79 Å². The van der Waals surface area contributed by atoms with Crippen molar-refractivity contribution in [3.63, 3.8) is 0 Å². The van der Waals surface area contributed by atoms with Crippen LogP contribution in [0.4, 0.5) is 4.39 Å². The average molecular weight is 236 g/mol. The van der Waals surface area contributed by atoms with E-state index in [0.29, 0.717) is 0 Å². The van der Waals surface area contributed by atoms with Gasteiger partial charge in [0.25, 0.3) is 0 Å². The van der Waals surface area contributed by atoms with Crippen molar-refractivity contribution in [2.75, 3.05) is 13.1 Å². The van der Waals surface area contributed by atoms with E-state index >= 15 is 0 Å². The zero-order valence-corrected chi connectivity index (χ0v) is 9.87. The fourth-order valence-electron chi connectivity index (χ4n) is 1.86. The van der Waals surface area contributed by atoms with E-state index in [1.807, 2.05) is 6.92 Å². The molecule has 92 valence electrons. The predicted molar refractivity (Wildman–Crippen MR) is 64.1 cm³/mol. The highest BCUT2D eigenvalue weighted by Crippen LogP contribution is 2.07. The van der Waals surface area contributed by atoms with Crippen LogP contribution >= 0.6 is 0 Å². The lowest BCUT2D eigenvalue weighted by Crippen LogP contribution is -2.52. The minimum atomic E-state index is -0.231. The minimum absolute atomic E-state index is 0.0774. The third kappa shape index (κ3) is 3.27. The van der Waals surface area contributed by atoms with Crippen molar-refractivity contribution in [1.82, 2.24) is 10.6 Å². The maximum atomic E-state index is 12.7. The average Bonchev–Trinajstić information content (AvgIpc) is 2.18. The summed E-state index contributed by atoms with van der Waals surface area (Å²) in [5.74, 6) is -0.00462. The molecule has 1 amide bonds. The Labute approximate surface area is 100 Å². The van der Waals surface area contributed by atoms with Crippen LogP contribution in [-0.4, -0.2) is 25.0 Å². The Morgan fingerprint density at radius 3 is 2.65 bits per heavy atom. The Bertz CT molecular complexity index is 387. The van der Waals surface area contributed by atoms with Gasteiger partial charge in [0.1, 0.15) is 5.82 Å². The maximum absolute atomic E-state index is 12.7. The number of nitrogens with one attached hydrogen (secondary N) is 2. The summed E-state index contributed by atoms with van der Waals surface area (Å²) in [7, 11) is 0. The van der Waals surface area contributed by atoms with Gasteiger partial charge in [-0.15, -0.1) is 0 Å². The summed E-state index contributed by atoms with van der Waals surface area (Å²) in [4.78, 5) is 11.7. The molecule has 0 spiro atoms. The summed E-state index contributed by atoms with van der Waals surface area (Å²) in [6.45, 7) is 3.51. The third-order valence-corrected chi connectivity index (χ3v) is 3.00. The van der Waals surface area contributed by atoms with E-state index in [1.54, 1.807) is 12.1 Å². The largest absolute Gasteiger partial charge is 0.353 e. The summed E-state index contributed by atoms with van der Waals surface area (Å²) < 4.78 is 12.7. The third-order valence-electron chi connectivity index (χ3n) is 3.00. The van der Waals surface area contributed by atoms with Crippen LogP contribution in [0.2, 0.25) is 0 Å².